The lowest BCUT2D eigenvalue weighted by Crippen LogP contribution is -2.47. The van der Waals surface area contributed by atoms with E-state index in [1.165, 1.54) is 26.1 Å². The molecule has 1 aromatic carbocycles. The molecule has 2 heterocycles. The standard InChI is InChI=1S/C18H14ClF4N3O3/c1-9-5-10(18(21,22)23)6-15(24-9)26-14(8-29-17(26)28)16(27)25(2)13-7-11(19)3-4-12(13)20/h3-7,14H,8H2,1-2H3/t14-/m0/s1. The van der Waals surface area contributed by atoms with Crippen molar-refractivity contribution in [1.82, 2.24) is 4.98 Å². The molecule has 0 saturated carbocycles. The number of aromatic nitrogens is 1. The van der Waals surface area contributed by atoms with Gasteiger partial charge in [-0.25, -0.2) is 19.1 Å². The van der Waals surface area contributed by atoms with Gasteiger partial charge in [0.25, 0.3) is 5.91 Å². The number of cyclic esters (lactones) is 1. The SMILES string of the molecule is Cc1cc(C(F)(F)F)cc(N2C(=O)OC[C@H]2C(=O)N(C)c2cc(Cl)ccc2F)n1. The van der Waals surface area contributed by atoms with Crippen molar-refractivity contribution < 1.29 is 31.9 Å². The number of alkyl halides is 3. The molecular formula is C18H14ClF4N3O3. The van der Waals surface area contributed by atoms with Gasteiger partial charge in [0.2, 0.25) is 0 Å². The van der Waals surface area contributed by atoms with E-state index in [1.54, 1.807) is 0 Å². The van der Waals surface area contributed by atoms with Crippen LogP contribution in [0.25, 0.3) is 0 Å². The number of rotatable bonds is 3. The number of carbonyl (C=O) groups is 2. The molecule has 0 spiro atoms. The topological polar surface area (TPSA) is 62.7 Å². The summed E-state index contributed by atoms with van der Waals surface area (Å²) in [5, 5.41) is 0.173. The van der Waals surface area contributed by atoms with Crippen molar-refractivity contribution in [2.24, 2.45) is 0 Å². The van der Waals surface area contributed by atoms with Crippen LogP contribution in [0.15, 0.2) is 30.3 Å². The normalized spacial score (nSPS) is 16.7. The molecule has 0 bridgehead atoms. The number of likely N-dealkylation sites (N-methyl/N-ethyl adjacent to an activating group) is 1. The van der Waals surface area contributed by atoms with Gasteiger partial charge in [-0.2, -0.15) is 13.2 Å². The van der Waals surface area contributed by atoms with Gasteiger partial charge in [-0.05, 0) is 37.3 Å². The molecule has 1 saturated heterocycles. The minimum absolute atomic E-state index is 0.00466. The number of ether oxygens (including phenoxy) is 1. The van der Waals surface area contributed by atoms with Gasteiger partial charge in [0, 0.05) is 17.8 Å². The van der Waals surface area contributed by atoms with Crippen LogP contribution in [0.5, 0.6) is 0 Å². The lowest BCUT2D eigenvalue weighted by Gasteiger charge is -2.26. The van der Waals surface area contributed by atoms with Crippen molar-refractivity contribution in [2.45, 2.75) is 19.1 Å². The maximum absolute atomic E-state index is 14.1. The molecule has 0 aliphatic carbocycles. The fourth-order valence-corrected chi connectivity index (χ4v) is 3.05. The number of carbonyl (C=O) groups excluding carboxylic acids is 2. The van der Waals surface area contributed by atoms with Crippen LogP contribution in [0.4, 0.5) is 33.9 Å². The van der Waals surface area contributed by atoms with E-state index in [9.17, 15) is 27.2 Å². The number of aryl methyl sites for hydroxylation is 1. The second-order valence-electron chi connectivity index (χ2n) is 6.31. The molecule has 1 aliphatic rings. The van der Waals surface area contributed by atoms with E-state index in [4.69, 9.17) is 16.3 Å². The highest BCUT2D eigenvalue weighted by Gasteiger charge is 2.43. The smallest absolute Gasteiger partial charge is 0.416 e. The van der Waals surface area contributed by atoms with Crippen LogP contribution in [0.2, 0.25) is 5.02 Å². The van der Waals surface area contributed by atoms with Gasteiger partial charge in [0.15, 0.2) is 6.04 Å². The Morgan fingerprint density at radius 1 is 1.31 bits per heavy atom. The average Bonchev–Trinajstić information content (AvgIpc) is 3.02. The first-order chi connectivity index (χ1) is 13.5. The van der Waals surface area contributed by atoms with Crippen molar-refractivity contribution in [1.29, 1.82) is 0 Å². The fraction of sp³-hybridized carbons (Fsp3) is 0.278. The molecule has 29 heavy (non-hydrogen) atoms. The summed E-state index contributed by atoms with van der Waals surface area (Å²) in [4.78, 5) is 30.6. The largest absolute Gasteiger partial charge is 0.446 e. The van der Waals surface area contributed by atoms with E-state index in [-0.39, 0.29) is 16.4 Å². The van der Waals surface area contributed by atoms with Crippen LogP contribution in [0.3, 0.4) is 0 Å². The van der Waals surface area contributed by atoms with Gasteiger partial charge in [0.1, 0.15) is 18.2 Å². The molecule has 0 N–H and O–H groups in total. The molecule has 154 valence electrons. The highest BCUT2D eigenvalue weighted by atomic mass is 35.5. The third-order valence-corrected chi connectivity index (χ3v) is 4.51. The maximum Gasteiger partial charge on any atom is 0.416 e. The van der Waals surface area contributed by atoms with E-state index in [0.717, 1.165) is 21.9 Å². The number of hydrogen-bond acceptors (Lipinski definition) is 4. The van der Waals surface area contributed by atoms with Gasteiger partial charge in [-0.1, -0.05) is 11.6 Å². The molecule has 1 fully saturated rings. The van der Waals surface area contributed by atoms with Gasteiger partial charge in [0.05, 0.1) is 11.3 Å². The zero-order chi connectivity index (χ0) is 21.5. The summed E-state index contributed by atoms with van der Waals surface area (Å²) in [5.74, 6) is -1.91. The molecule has 1 aliphatic heterocycles. The number of pyridine rings is 1. The molecule has 2 aromatic rings. The summed E-state index contributed by atoms with van der Waals surface area (Å²) in [5.41, 5.74) is -1.19. The highest BCUT2D eigenvalue weighted by molar-refractivity contribution is 6.31. The predicted octanol–water partition coefficient (Wildman–Crippen LogP) is 4.19. The first-order valence-electron chi connectivity index (χ1n) is 8.23. The second-order valence-corrected chi connectivity index (χ2v) is 6.75. The number of nitrogens with zero attached hydrogens (tertiary/aromatic N) is 3. The summed E-state index contributed by atoms with van der Waals surface area (Å²) in [6, 6.07) is 3.70. The zero-order valence-electron chi connectivity index (χ0n) is 15.1. The van der Waals surface area contributed by atoms with Gasteiger partial charge >= 0.3 is 12.3 Å². The quantitative estimate of drug-likeness (QED) is 0.684. The Labute approximate surface area is 167 Å². The number of amides is 2. The number of halogens is 5. The minimum atomic E-state index is -4.67. The molecule has 0 unspecified atom stereocenters. The summed E-state index contributed by atoms with van der Waals surface area (Å²) < 4.78 is 58.3. The Morgan fingerprint density at radius 2 is 2.00 bits per heavy atom. The minimum Gasteiger partial charge on any atom is -0.446 e. The van der Waals surface area contributed by atoms with Crippen LogP contribution in [0, 0.1) is 12.7 Å². The van der Waals surface area contributed by atoms with Crippen LogP contribution < -0.4 is 9.80 Å². The van der Waals surface area contributed by atoms with E-state index in [2.05, 4.69) is 4.98 Å². The summed E-state index contributed by atoms with van der Waals surface area (Å²) >= 11 is 5.84. The summed E-state index contributed by atoms with van der Waals surface area (Å²) in [6.07, 6.45) is -5.71. The summed E-state index contributed by atoms with van der Waals surface area (Å²) in [7, 11) is 1.25. The van der Waals surface area contributed by atoms with Crippen molar-refractivity contribution in [3.05, 3.63) is 52.4 Å². The van der Waals surface area contributed by atoms with E-state index in [0.29, 0.717) is 6.07 Å². The monoisotopic (exact) mass is 431 g/mol. The van der Waals surface area contributed by atoms with E-state index in [1.807, 2.05) is 0 Å². The number of anilines is 2. The Morgan fingerprint density at radius 3 is 2.66 bits per heavy atom. The van der Waals surface area contributed by atoms with Crippen molar-refractivity contribution >= 4 is 35.1 Å². The number of benzene rings is 1. The Bertz CT molecular complexity index is 983. The third-order valence-electron chi connectivity index (χ3n) is 4.27. The maximum atomic E-state index is 14.1. The highest BCUT2D eigenvalue weighted by Crippen LogP contribution is 2.33. The van der Waals surface area contributed by atoms with Gasteiger partial charge in [-0.15, -0.1) is 0 Å². The second kappa shape index (κ2) is 7.51. The Balaban J connectivity index is 1.98. The van der Waals surface area contributed by atoms with Crippen LogP contribution in [-0.2, 0) is 15.7 Å². The van der Waals surface area contributed by atoms with E-state index < -0.39 is 48.0 Å². The molecule has 11 heteroatoms. The molecule has 1 atom stereocenters. The molecule has 0 radical (unpaired) electrons. The molecular weight excluding hydrogens is 418 g/mol. The predicted molar refractivity (Wildman–Crippen MR) is 96.4 cm³/mol. The molecule has 1 aromatic heterocycles. The molecule has 2 amide bonds. The van der Waals surface area contributed by atoms with Crippen LogP contribution in [0.1, 0.15) is 11.3 Å². The Kier molecular flexibility index (Phi) is 5.40. The average molecular weight is 432 g/mol. The van der Waals surface area contributed by atoms with E-state index >= 15 is 0 Å². The summed E-state index contributed by atoms with van der Waals surface area (Å²) in [6.45, 7) is 0.894. The van der Waals surface area contributed by atoms with Crippen molar-refractivity contribution in [2.75, 3.05) is 23.5 Å². The fourth-order valence-electron chi connectivity index (χ4n) is 2.88. The van der Waals surface area contributed by atoms with Gasteiger partial charge in [-0.3, -0.25) is 4.79 Å². The van der Waals surface area contributed by atoms with Gasteiger partial charge < -0.3 is 9.64 Å². The first kappa shape index (κ1) is 20.8. The lowest BCUT2D eigenvalue weighted by molar-refractivity contribution is -0.137. The molecule has 6 nitrogen and oxygen atoms in total. The van der Waals surface area contributed by atoms with Crippen molar-refractivity contribution in [3.8, 4) is 0 Å². The third kappa shape index (κ3) is 4.12. The number of hydrogen-bond donors (Lipinski definition) is 0. The van der Waals surface area contributed by atoms with Crippen molar-refractivity contribution in [3.63, 3.8) is 0 Å². The first-order valence-corrected chi connectivity index (χ1v) is 8.61. The lowest BCUT2D eigenvalue weighted by atomic mass is 10.2. The van der Waals surface area contributed by atoms with Crippen LogP contribution >= 0.6 is 11.6 Å². The zero-order valence-corrected chi connectivity index (χ0v) is 15.9. The Hall–Kier alpha value is -2.88. The van der Waals surface area contributed by atoms with Crippen LogP contribution in [-0.4, -0.2) is 36.7 Å². The molecule has 3 rings (SSSR count).